The van der Waals surface area contributed by atoms with Crippen LogP contribution in [0.25, 0.3) is 0 Å². The van der Waals surface area contributed by atoms with Crippen molar-refractivity contribution in [2.45, 2.75) is 32.4 Å². The fraction of sp³-hybridized carbons (Fsp3) is 0.833. The molecule has 1 unspecified atom stereocenters. The van der Waals surface area contributed by atoms with Crippen LogP contribution in [-0.2, 0) is 4.79 Å². The number of hydrogen-bond donors (Lipinski definition) is 4. The van der Waals surface area contributed by atoms with Gasteiger partial charge in [-0.25, -0.2) is 9.59 Å². The first-order valence-electron chi connectivity index (χ1n) is 6.32. The molecule has 4 N–H and O–H groups in total. The number of likely N-dealkylation sites (N-methyl/N-ethyl adjacent to an activating group) is 1. The second kappa shape index (κ2) is 8.71. The molecule has 0 aliphatic rings. The lowest BCUT2D eigenvalue weighted by molar-refractivity contribution is -0.146. The van der Waals surface area contributed by atoms with E-state index in [1.807, 2.05) is 19.0 Å². The van der Waals surface area contributed by atoms with Crippen LogP contribution in [0.15, 0.2) is 0 Å². The van der Waals surface area contributed by atoms with E-state index in [2.05, 4.69) is 24.5 Å². The topological polar surface area (TPSA) is 102 Å². The van der Waals surface area contributed by atoms with E-state index in [1.165, 1.54) is 0 Å². The predicted octanol–water partition coefficient (Wildman–Crippen LogP) is -0.293. The Kier molecular flexibility index (Phi) is 8.09. The van der Waals surface area contributed by atoms with E-state index in [9.17, 15) is 9.59 Å². The van der Waals surface area contributed by atoms with Gasteiger partial charge in [0.25, 0.3) is 0 Å². The normalized spacial score (nSPS) is 14.3. The fourth-order valence-electron chi connectivity index (χ4n) is 1.70. The third-order valence-electron chi connectivity index (χ3n) is 2.42. The van der Waals surface area contributed by atoms with Gasteiger partial charge in [-0.05, 0) is 26.4 Å². The zero-order chi connectivity index (χ0) is 15.0. The first kappa shape index (κ1) is 17.7. The smallest absolute Gasteiger partial charge is 0.334 e. The minimum Gasteiger partial charge on any atom is -0.479 e. The molecule has 0 spiro atoms. The first-order chi connectivity index (χ1) is 8.72. The van der Waals surface area contributed by atoms with Gasteiger partial charge in [0.1, 0.15) is 0 Å². The molecule has 2 atom stereocenters. The van der Waals surface area contributed by atoms with Gasteiger partial charge in [0.15, 0.2) is 6.10 Å². The van der Waals surface area contributed by atoms with Crippen LogP contribution in [0, 0.1) is 5.92 Å². The third kappa shape index (κ3) is 9.26. The first-order valence-corrected chi connectivity index (χ1v) is 6.32. The van der Waals surface area contributed by atoms with Gasteiger partial charge in [-0.2, -0.15) is 0 Å². The summed E-state index contributed by atoms with van der Waals surface area (Å²) in [7, 11) is 3.84. The summed E-state index contributed by atoms with van der Waals surface area (Å²) in [5.41, 5.74) is 0. The molecule has 0 aromatic carbocycles. The van der Waals surface area contributed by atoms with E-state index in [1.54, 1.807) is 0 Å². The van der Waals surface area contributed by atoms with Crippen molar-refractivity contribution in [3.8, 4) is 0 Å². The number of nitrogens with zero attached hydrogens (tertiary/aromatic N) is 1. The van der Waals surface area contributed by atoms with Gasteiger partial charge in [-0.1, -0.05) is 13.8 Å². The number of urea groups is 1. The lowest BCUT2D eigenvalue weighted by Crippen LogP contribution is -2.49. The molecule has 19 heavy (non-hydrogen) atoms. The van der Waals surface area contributed by atoms with Crippen LogP contribution < -0.4 is 10.6 Å². The van der Waals surface area contributed by atoms with Crippen molar-refractivity contribution >= 4 is 12.0 Å². The third-order valence-corrected chi connectivity index (χ3v) is 2.42. The lowest BCUT2D eigenvalue weighted by atomic mass is 10.0. The van der Waals surface area contributed by atoms with Crippen LogP contribution in [0.4, 0.5) is 4.79 Å². The second-order valence-corrected chi connectivity index (χ2v) is 5.30. The minimum atomic E-state index is -1.58. The van der Waals surface area contributed by atoms with E-state index in [4.69, 9.17) is 10.2 Å². The maximum absolute atomic E-state index is 11.6. The summed E-state index contributed by atoms with van der Waals surface area (Å²) in [4.78, 5) is 24.0. The molecule has 2 amide bonds. The number of aliphatic hydroxyl groups excluding tert-OH is 1. The monoisotopic (exact) mass is 275 g/mol. The molecular weight excluding hydrogens is 250 g/mol. The number of nitrogens with one attached hydrogen (secondary N) is 2. The molecule has 0 fully saturated rings. The van der Waals surface area contributed by atoms with Gasteiger partial charge in [0.2, 0.25) is 0 Å². The molecule has 0 saturated carbocycles. The standard InChI is InChI=1S/C12H25N3O4/c1-8(2)5-9(7-15(3)4)14-12(19)13-6-10(16)11(17)18/h8-10,16H,5-7H2,1-4H3,(H,17,18)(H2,13,14,19)/t9?,10-/m0/s1. The van der Waals surface area contributed by atoms with Crippen LogP contribution >= 0.6 is 0 Å². The summed E-state index contributed by atoms with van der Waals surface area (Å²) >= 11 is 0. The summed E-state index contributed by atoms with van der Waals surface area (Å²) in [5, 5.41) is 22.7. The van der Waals surface area contributed by atoms with Gasteiger partial charge in [-0.3, -0.25) is 0 Å². The largest absolute Gasteiger partial charge is 0.479 e. The molecule has 7 nitrogen and oxygen atoms in total. The number of carboxylic acids is 1. The average Bonchev–Trinajstić information content (AvgIpc) is 2.23. The highest BCUT2D eigenvalue weighted by atomic mass is 16.4. The van der Waals surface area contributed by atoms with Crippen LogP contribution in [0.5, 0.6) is 0 Å². The number of aliphatic carboxylic acids is 1. The Hall–Kier alpha value is -1.34. The molecular formula is C12H25N3O4. The van der Waals surface area contributed by atoms with Crippen molar-refractivity contribution in [3.05, 3.63) is 0 Å². The summed E-state index contributed by atoms with van der Waals surface area (Å²) < 4.78 is 0. The van der Waals surface area contributed by atoms with E-state index in [-0.39, 0.29) is 12.6 Å². The summed E-state index contributed by atoms with van der Waals surface area (Å²) in [6, 6.07) is -0.482. The van der Waals surface area contributed by atoms with Crippen molar-refractivity contribution in [2.24, 2.45) is 5.92 Å². The molecule has 0 bridgehead atoms. The summed E-state index contributed by atoms with van der Waals surface area (Å²) in [6.45, 7) is 4.53. The molecule has 0 aromatic rings. The minimum absolute atomic E-state index is 0.0167. The number of hydrogen-bond acceptors (Lipinski definition) is 4. The van der Waals surface area contributed by atoms with Gasteiger partial charge in [0, 0.05) is 12.6 Å². The Morgan fingerprint density at radius 3 is 2.26 bits per heavy atom. The number of carbonyl (C=O) groups is 2. The predicted molar refractivity (Wildman–Crippen MR) is 72.0 cm³/mol. The van der Waals surface area contributed by atoms with Crippen molar-refractivity contribution < 1.29 is 19.8 Å². The number of carboxylic acid groups (broad SMARTS) is 1. The number of carbonyl (C=O) groups excluding carboxylic acids is 1. The number of rotatable bonds is 8. The maximum Gasteiger partial charge on any atom is 0.334 e. The van der Waals surface area contributed by atoms with Crippen molar-refractivity contribution in [1.29, 1.82) is 0 Å². The van der Waals surface area contributed by atoms with E-state index in [0.29, 0.717) is 12.5 Å². The fourth-order valence-corrected chi connectivity index (χ4v) is 1.70. The van der Waals surface area contributed by atoms with E-state index < -0.39 is 18.1 Å². The van der Waals surface area contributed by atoms with E-state index in [0.717, 1.165) is 6.42 Å². The number of amides is 2. The SMILES string of the molecule is CC(C)CC(CN(C)C)NC(=O)NC[C@H](O)C(=O)O. The molecule has 112 valence electrons. The zero-order valence-corrected chi connectivity index (χ0v) is 12.0. The molecule has 0 heterocycles. The van der Waals surface area contributed by atoms with Gasteiger partial charge in [-0.15, -0.1) is 0 Å². The average molecular weight is 275 g/mol. The molecule has 0 radical (unpaired) electrons. The molecule has 0 saturated heterocycles. The molecule has 0 rings (SSSR count). The Bertz CT molecular complexity index is 285. The number of aliphatic hydroxyl groups is 1. The zero-order valence-electron chi connectivity index (χ0n) is 12.0. The van der Waals surface area contributed by atoms with Crippen LogP contribution in [0.1, 0.15) is 20.3 Å². The molecule has 0 aliphatic carbocycles. The van der Waals surface area contributed by atoms with Crippen LogP contribution in [-0.4, -0.2) is 66.4 Å². The molecule has 0 aromatic heterocycles. The van der Waals surface area contributed by atoms with Crippen molar-refractivity contribution in [2.75, 3.05) is 27.2 Å². The Balaban J connectivity index is 4.18. The Labute approximate surface area is 114 Å². The molecule has 0 aliphatic heterocycles. The lowest BCUT2D eigenvalue weighted by Gasteiger charge is -2.24. The van der Waals surface area contributed by atoms with Gasteiger partial charge in [0.05, 0.1) is 6.54 Å². The maximum atomic E-state index is 11.6. The van der Waals surface area contributed by atoms with Crippen molar-refractivity contribution in [3.63, 3.8) is 0 Å². The van der Waals surface area contributed by atoms with Crippen LogP contribution in [0.2, 0.25) is 0 Å². The summed E-state index contributed by atoms with van der Waals surface area (Å²) in [6.07, 6.45) is -0.754. The van der Waals surface area contributed by atoms with Gasteiger partial charge < -0.3 is 25.7 Å². The van der Waals surface area contributed by atoms with Crippen LogP contribution in [0.3, 0.4) is 0 Å². The molecule has 7 heteroatoms. The highest BCUT2D eigenvalue weighted by molar-refractivity contribution is 5.76. The highest BCUT2D eigenvalue weighted by Crippen LogP contribution is 2.05. The van der Waals surface area contributed by atoms with Gasteiger partial charge >= 0.3 is 12.0 Å². The second-order valence-electron chi connectivity index (χ2n) is 5.30. The quantitative estimate of drug-likeness (QED) is 0.487. The highest BCUT2D eigenvalue weighted by Gasteiger charge is 2.17. The Morgan fingerprint density at radius 2 is 1.84 bits per heavy atom. The van der Waals surface area contributed by atoms with Crippen molar-refractivity contribution in [1.82, 2.24) is 15.5 Å². The Morgan fingerprint density at radius 1 is 1.26 bits per heavy atom. The van der Waals surface area contributed by atoms with E-state index >= 15 is 0 Å². The summed E-state index contributed by atoms with van der Waals surface area (Å²) in [5.74, 6) is -0.915.